The van der Waals surface area contributed by atoms with E-state index in [4.69, 9.17) is 9.84 Å². The quantitative estimate of drug-likeness (QED) is 0.749. The monoisotopic (exact) mass is 252 g/mol. The van der Waals surface area contributed by atoms with Crippen molar-refractivity contribution >= 4 is 0 Å². The minimum absolute atomic E-state index is 0.190. The number of hydrogen-bond donors (Lipinski definition) is 2. The Balaban J connectivity index is 1.46. The number of hydrogen-bond acceptors (Lipinski definition) is 5. The lowest BCUT2D eigenvalue weighted by molar-refractivity contribution is 0.0972. The van der Waals surface area contributed by atoms with E-state index < -0.39 is 0 Å². The van der Waals surface area contributed by atoms with Crippen LogP contribution in [-0.4, -0.2) is 45.0 Å². The number of rotatable bonds is 6. The molecule has 1 aromatic rings. The van der Waals surface area contributed by atoms with Gasteiger partial charge in [-0.15, -0.1) is 5.10 Å². The van der Waals surface area contributed by atoms with Gasteiger partial charge in [-0.25, -0.2) is 0 Å². The molecule has 3 atom stereocenters. The van der Waals surface area contributed by atoms with E-state index in [1.807, 2.05) is 6.20 Å². The second-order valence-electron chi connectivity index (χ2n) is 5.15. The average Bonchev–Trinajstić information content (AvgIpc) is 3.09. The van der Waals surface area contributed by atoms with Crippen LogP contribution in [0.15, 0.2) is 6.20 Å². The molecule has 0 amide bonds. The van der Waals surface area contributed by atoms with Crippen molar-refractivity contribution in [2.75, 3.05) is 6.61 Å². The topological polar surface area (TPSA) is 72.2 Å². The minimum atomic E-state index is 0.190. The zero-order valence-electron chi connectivity index (χ0n) is 10.5. The Morgan fingerprint density at radius 2 is 2.44 bits per heavy atom. The fraction of sp³-hybridized carbons (Fsp3) is 0.833. The molecular weight excluding hydrogens is 232 g/mol. The van der Waals surface area contributed by atoms with E-state index >= 15 is 0 Å². The summed E-state index contributed by atoms with van der Waals surface area (Å²) in [7, 11) is 0. The van der Waals surface area contributed by atoms with Crippen LogP contribution in [0.3, 0.4) is 0 Å². The highest BCUT2D eigenvalue weighted by Gasteiger charge is 2.40. The van der Waals surface area contributed by atoms with Crippen LogP contribution in [0.2, 0.25) is 0 Å². The zero-order valence-corrected chi connectivity index (χ0v) is 10.5. The van der Waals surface area contributed by atoms with Gasteiger partial charge in [0.15, 0.2) is 0 Å². The van der Waals surface area contributed by atoms with Gasteiger partial charge in [0.2, 0.25) is 0 Å². The minimum Gasteiger partial charge on any atom is -0.396 e. The summed E-state index contributed by atoms with van der Waals surface area (Å²) < 4.78 is 7.58. The number of fused-ring (bicyclic) bond motifs is 2. The SMILES string of the molecule is OCCCn1cc(CNC2CC3CCC2O3)nn1. The third kappa shape index (κ3) is 2.55. The van der Waals surface area contributed by atoms with Gasteiger partial charge in [0.1, 0.15) is 0 Å². The smallest absolute Gasteiger partial charge is 0.0964 e. The van der Waals surface area contributed by atoms with Gasteiger partial charge in [-0.1, -0.05) is 5.21 Å². The lowest BCUT2D eigenvalue weighted by Crippen LogP contribution is -2.37. The van der Waals surface area contributed by atoms with Crippen molar-refractivity contribution in [1.82, 2.24) is 20.3 Å². The first-order valence-electron chi connectivity index (χ1n) is 6.74. The summed E-state index contributed by atoms with van der Waals surface area (Å²) in [6.45, 7) is 1.66. The van der Waals surface area contributed by atoms with E-state index in [9.17, 15) is 0 Å². The number of aromatic nitrogens is 3. The number of aliphatic hydroxyl groups is 1. The summed E-state index contributed by atoms with van der Waals surface area (Å²) in [6, 6.07) is 0.478. The molecule has 18 heavy (non-hydrogen) atoms. The average molecular weight is 252 g/mol. The molecule has 6 heteroatoms. The van der Waals surface area contributed by atoms with Gasteiger partial charge in [-0.2, -0.15) is 0 Å². The maximum Gasteiger partial charge on any atom is 0.0964 e. The molecule has 3 unspecified atom stereocenters. The molecular formula is C12H20N4O2. The first kappa shape index (κ1) is 12.1. The van der Waals surface area contributed by atoms with Crippen molar-refractivity contribution < 1.29 is 9.84 Å². The number of nitrogens with one attached hydrogen (secondary N) is 1. The fourth-order valence-electron chi connectivity index (χ4n) is 2.85. The second-order valence-corrected chi connectivity index (χ2v) is 5.15. The maximum absolute atomic E-state index is 8.75. The Bertz CT molecular complexity index is 395. The Labute approximate surface area is 106 Å². The van der Waals surface area contributed by atoms with Crippen molar-refractivity contribution in [3.8, 4) is 0 Å². The third-order valence-corrected chi connectivity index (χ3v) is 3.78. The highest BCUT2D eigenvalue weighted by molar-refractivity contribution is 4.97. The first-order valence-corrected chi connectivity index (χ1v) is 6.74. The lowest BCUT2D eigenvalue weighted by atomic mass is 9.95. The van der Waals surface area contributed by atoms with Crippen LogP contribution in [-0.2, 0) is 17.8 Å². The Hall–Kier alpha value is -0.980. The summed E-state index contributed by atoms with van der Waals surface area (Å²) in [4.78, 5) is 0. The Kier molecular flexibility index (Phi) is 3.58. The molecule has 2 N–H and O–H groups in total. The van der Waals surface area contributed by atoms with Gasteiger partial charge >= 0.3 is 0 Å². The predicted octanol–water partition coefficient (Wildman–Crippen LogP) is 0.0700. The van der Waals surface area contributed by atoms with Crippen LogP contribution in [0.4, 0.5) is 0 Å². The molecule has 3 heterocycles. The van der Waals surface area contributed by atoms with E-state index in [0.29, 0.717) is 18.2 Å². The molecule has 6 nitrogen and oxygen atoms in total. The van der Waals surface area contributed by atoms with E-state index in [-0.39, 0.29) is 6.61 Å². The highest BCUT2D eigenvalue weighted by Crippen LogP contribution is 2.34. The zero-order chi connectivity index (χ0) is 12.4. The largest absolute Gasteiger partial charge is 0.396 e. The molecule has 2 fully saturated rings. The molecule has 0 radical (unpaired) electrons. The van der Waals surface area contributed by atoms with Crippen molar-refractivity contribution in [3.05, 3.63) is 11.9 Å². The molecule has 2 aliphatic heterocycles. The first-order chi connectivity index (χ1) is 8.85. The molecule has 0 aliphatic carbocycles. The van der Waals surface area contributed by atoms with Crippen LogP contribution >= 0.6 is 0 Å². The molecule has 2 bridgehead atoms. The van der Waals surface area contributed by atoms with Crippen molar-refractivity contribution in [2.45, 2.75) is 57.0 Å². The Morgan fingerprint density at radius 1 is 1.50 bits per heavy atom. The second kappa shape index (κ2) is 5.34. The van der Waals surface area contributed by atoms with E-state index in [0.717, 1.165) is 31.6 Å². The summed E-state index contributed by atoms with van der Waals surface area (Å²) in [5.41, 5.74) is 0.954. The van der Waals surface area contributed by atoms with Crippen LogP contribution < -0.4 is 5.32 Å². The predicted molar refractivity (Wildman–Crippen MR) is 64.9 cm³/mol. The van der Waals surface area contributed by atoms with Crippen molar-refractivity contribution in [2.24, 2.45) is 0 Å². The van der Waals surface area contributed by atoms with Gasteiger partial charge in [0, 0.05) is 31.9 Å². The maximum atomic E-state index is 8.75. The highest BCUT2D eigenvalue weighted by atomic mass is 16.5. The number of aliphatic hydroxyl groups excluding tert-OH is 1. The number of aryl methyl sites for hydroxylation is 1. The van der Waals surface area contributed by atoms with E-state index in [1.165, 1.54) is 12.8 Å². The van der Waals surface area contributed by atoms with Crippen molar-refractivity contribution in [1.29, 1.82) is 0 Å². The molecule has 1 aromatic heterocycles. The molecule has 100 valence electrons. The van der Waals surface area contributed by atoms with Crippen LogP contribution in [0.1, 0.15) is 31.4 Å². The fourth-order valence-corrected chi connectivity index (χ4v) is 2.85. The molecule has 2 saturated heterocycles. The molecule has 0 saturated carbocycles. The summed E-state index contributed by atoms with van der Waals surface area (Å²) in [5, 5.41) is 20.4. The lowest BCUT2D eigenvalue weighted by Gasteiger charge is -2.19. The Morgan fingerprint density at radius 3 is 3.17 bits per heavy atom. The number of nitrogens with zero attached hydrogens (tertiary/aromatic N) is 3. The molecule has 0 spiro atoms. The normalized spacial score (nSPS) is 30.2. The van der Waals surface area contributed by atoms with Crippen LogP contribution in [0.25, 0.3) is 0 Å². The molecule has 0 aromatic carbocycles. The van der Waals surface area contributed by atoms with Crippen LogP contribution in [0.5, 0.6) is 0 Å². The third-order valence-electron chi connectivity index (χ3n) is 3.78. The number of ether oxygens (including phenoxy) is 1. The summed E-state index contributed by atoms with van der Waals surface area (Å²) >= 11 is 0. The van der Waals surface area contributed by atoms with Gasteiger partial charge < -0.3 is 15.2 Å². The van der Waals surface area contributed by atoms with E-state index in [2.05, 4.69) is 15.6 Å². The van der Waals surface area contributed by atoms with Gasteiger partial charge in [-0.3, -0.25) is 4.68 Å². The van der Waals surface area contributed by atoms with Gasteiger partial charge in [0.25, 0.3) is 0 Å². The van der Waals surface area contributed by atoms with Crippen LogP contribution in [0, 0.1) is 0 Å². The molecule has 2 aliphatic rings. The standard InChI is InChI=1S/C12H20N4O2/c17-5-1-4-16-8-9(14-15-16)7-13-11-6-10-2-3-12(11)18-10/h8,10-13,17H,1-7H2. The summed E-state index contributed by atoms with van der Waals surface area (Å²) in [6.07, 6.45) is 7.08. The molecule has 3 rings (SSSR count). The van der Waals surface area contributed by atoms with Gasteiger partial charge in [-0.05, 0) is 25.7 Å². The van der Waals surface area contributed by atoms with Gasteiger partial charge in [0.05, 0.1) is 17.9 Å². The van der Waals surface area contributed by atoms with Crippen molar-refractivity contribution in [3.63, 3.8) is 0 Å². The summed E-state index contributed by atoms with van der Waals surface area (Å²) in [5.74, 6) is 0. The van der Waals surface area contributed by atoms with E-state index in [1.54, 1.807) is 4.68 Å².